The van der Waals surface area contributed by atoms with Crippen molar-refractivity contribution < 1.29 is 4.79 Å². The minimum atomic E-state index is 0.140. The van der Waals surface area contributed by atoms with Gasteiger partial charge in [0.25, 0.3) is 0 Å². The van der Waals surface area contributed by atoms with E-state index in [1.165, 1.54) is 0 Å². The summed E-state index contributed by atoms with van der Waals surface area (Å²) in [7, 11) is 0. The standard InChI is InChI=1S/C11H22BrNO/c1-5-6-9(2)10(14)13-8-11(3,4)7-12/h9H,5-8H2,1-4H3,(H,13,14). The molecule has 14 heavy (non-hydrogen) atoms. The van der Waals surface area contributed by atoms with E-state index >= 15 is 0 Å². The van der Waals surface area contributed by atoms with Gasteiger partial charge in [0.15, 0.2) is 0 Å². The van der Waals surface area contributed by atoms with E-state index in [0.29, 0.717) is 0 Å². The molecular formula is C11H22BrNO. The third-order valence-corrected chi connectivity index (χ3v) is 3.79. The zero-order chi connectivity index (χ0) is 11.2. The van der Waals surface area contributed by atoms with Gasteiger partial charge in [-0.1, -0.05) is 50.0 Å². The maximum Gasteiger partial charge on any atom is 0.222 e. The van der Waals surface area contributed by atoms with Gasteiger partial charge in [-0.15, -0.1) is 0 Å². The summed E-state index contributed by atoms with van der Waals surface area (Å²) in [6.45, 7) is 9.09. The van der Waals surface area contributed by atoms with Gasteiger partial charge in [0.1, 0.15) is 0 Å². The molecule has 0 fully saturated rings. The Bertz CT molecular complexity index is 180. The highest BCUT2D eigenvalue weighted by molar-refractivity contribution is 9.09. The molecule has 1 amide bonds. The topological polar surface area (TPSA) is 29.1 Å². The van der Waals surface area contributed by atoms with Gasteiger partial charge < -0.3 is 5.32 Å². The molecule has 0 radical (unpaired) electrons. The highest BCUT2D eigenvalue weighted by Crippen LogP contribution is 2.16. The molecule has 0 spiro atoms. The maximum absolute atomic E-state index is 11.6. The van der Waals surface area contributed by atoms with Crippen LogP contribution in [-0.2, 0) is 4.79 Å². The zero-order valence-electron chi connectivity index (χ0n) is 9.69. The van der Waals surface area contributed by atoms with Crippen molar-refractivity contribution in [3.8, 4) is 0 Å². The fraction of sp³-hybridized carbons (Fsp3) is 0.909. The predicted octanol–water partition coefficient (Wildman–Crippen LogP) is 2.96. The number of hydrogen-bond donors (Lipinski definition) is 1. The Labute approximate surface area is 96.0 Å². The van der Waals surface area contributed by atoms with Crippen LogP contribution in [0.1, 0.15) is 40.5 Å². The molecule has 0 bridgehead atoms. The smallest absolute Gasteiger partial charge is 0.222 e. The summed E-state index contributed by atoms with van der Waals surface area (Å²) in [5.41, 5.74) is 0.140. The van der Waals surface area contributed by atoms with Crippen LogP contribution in [0, 0.1) is 11.3 Å². The number of carbonyl (C=O) groups is 1. The van der Waals surface area contributed by atoms with Gasteiger partial charge in [0, 0.05) is 17.8 Å². The number of amides is 1. The van der Waals surface area contributed by atoms with Gasteiger partial charge in [-0.3, -0.25) is 4.79 Å². The third-order valence-electron chi connectivity index (χ3n) is 2.27. The SMILES string of the molecule is CCCC(C)C(=O)NCC(C)(C)CBr. The van der Waals surface area contributed by atoms with E-state index in [1.54, 1.807) is 0 Å². The van der Waals surface area contributed by atoms with Crippen LogP contribution in [0.2, 0.25) is 0 Å². The molecule has 1 N–H and O–H groups in total. The number of hydrogen-bond acceptors (Lipinski definition) is 1. The quantitative estimate of drug-likeness (QED) is 0.734. The highest BCUT2D eigenvalue weighted by Gasteiger charge is 2.19. The van der Waals surface area contributed by atoms with Crippen LogP contribution in [0.15, 0.2) is 0 Å². The van der Waals surface area contributed by atoms with Gasteiger partial charge in [-0.05, 0) is 11.8 Å². The normalized spacial score (nSPS) is 13.8. The lowest BCUT2D eigenvalue weighted by atomic mass is 9.96. The lowest BCUT2D eigenvalue weighted by molar-refractivity contribution is -0.125. The molecule has 0 saturated heterocycles. The van der Waals surface area contributed by atoms with Crippen LogP contribution in [-0.4, -0.2) is 17.8 Å². The first-order valence-corrected chi connectivity index (χ1v) is 6.38. The van der Waals surface area contributed by atoms with Gasteiger partial charge in [-0.25, -0.2) is 0 Å². The van der Waals surface area contributed by atoms with Crippen LogP contribution in [0.3, 0.4) is 0 Å². The third kappa shape index (κ3) is 5.63. The van der Waals surface area contributed by atoms with Gasteiger partial charge in [-0.2, -0.15) is 0 Å². The molecule has 0 aliphatic carbocycles. The number of rotatable bonds is 6. The minimum absolute atomic E-state index is 0.140. The molecule has 0 aromatic heterocycles. The predicted molar refractivity (Wildman–Crippen MR) is 64.7 cm³/mol. The molecule has 0 saturated carbocycles. The Morgan fingerprint density at radius 2 is 2.07 bits per heavy atom. The largest absolute Gasteiger partial charge is 0.355 e. The van der Waals surface area contributed by atoms with Gasteiger partial charge >= 0.3 is 0 Å². The summed E-state index contributed by atoms with van der Waals surface area (Å²) in [5.74, 6) is 0.326. The summed E-state index contributed by atoms with van der Waals surface area (Å²) < 4.78 is 0. The van der Waals surface area contributed by atoms with E-state index in [0.717, 1.165) is 24.7 Å². The average Bonchev–Trinajstić information content (AvgIpc) is 2.15. The summed E-state index contributed by atoms with van der Waals surface area (Å²) in [4.78, 5) is 11.6. The summed E-state index contributed by atoms with van der Waals surface area (Å²) >= 11 is 3.44. The average molecular weight is 264 g/mol. The van der Waals surface area contributed by atoms with E-state index in [-0.39, 0.29) is 17.2 Å². The number of alkyl halides is 1. The van der Waals surface area contributed by atoms with Crippen molar-refractivity contribution in [1.82, 2.24) is 5.32 Å². The first kappa shape index (κ1) is 13.9. The Hall–Kier alpha value is -0.0500. The van der Waals surface area contributed by atoms with Crippen molar-refractivity contribution in [3.05, 3.63) is 0 Å². The second-order valence-electron chi connectivity index (χ2n) is 4.71. The summed E-state index contributed by atoms with van der Waals surface area (Å²) in [6.07, 6.45) is 2.04. The number of halogens is 1. The maximum atomic E-state index is 11.6. The van der Waals surface area contributed by atoms with Crippen molar-refractivity contribution in [2.45, 2.75) is 40.5 Å². The molecule has 0 rings (SSSR count). The van der Waals surface area contributed by atoms with Crippen LogP contribution in [0.5, 0.6) is 0 Å². The molecule has 0 heterocycles. The molecule has 3 heteroatoms. The van der Waals surface area contributed by atoms with E-state index in [9.17, 15) is 4.79 Å². The Morgan fingerprint density at radius 1 is 1.50 bits per heavy atom. The zero-order valence-corrected chi connectivity index (χ0v) is 11.3. The van der Waals surface area contributed by atoms with Crippen molar-refractivity contribution in [2.24, 2.45) is 11.3 Å². The van der Waals surface area contributed by atoms with Gasteiger partial charge in [0.2, 0.25) is 5.91 Å². The molecular weight excluding hydrogens is 242 g/mol. The molecule has 84 valence electrons. The molecule has 0 aliphatic heterocycles. The lowest BCUT2D eigenvalue weighted by Crippen LogP contribution is -2.37. The van der Waals surface area contributed by atoms with Crippen molar-refractivity contribution in [3.63, 3.8) is 0 Å². The second kappa shape index (κ2) is 6.44. The fourth-order valence-electron chi connectivity index (χ4n) is 1.11. The Balaban J connectivity index is 3.84. The monoisotopic (exact) mass is 263 g/mol. The van der Waals surface area contributed by atoms with Crippen LogP contribution in [0.25, 0.3) is 0 Å². The number of nitrogens with one attached hydrogen (secondary N) is 1. The van der Waals surface area contributed by atoms with E-state index in [1.807, 2.05) is 6.92 Å². The van der Waals surface area contributed by atoms with Crippen LogP contribution >= 0.6 is 15.9 Å². The minimum Gasteiger partial charge on any atom is -0.355 e. The molecule has 2 nitrogen and oxygen atoms in total. The Morgan fingerprint density at radius 3 is 2.50 bits per heavy atom. The van der Waals surface area contributed by atoms with Gasteiger partial charge in [0.05, 0.1) is 0 Å². The van der Waals surface area contributed by atoms with E-state index in [2.05, 4.69) is 42.0 Å². The fourth-order valence-corrected chi connectivity index (χ4v) is 1.31. The van der Waals surface area contributed by atoms with Crippen LogP contribution in [0.4, 0.5) is 0 Å². The first-order valence-electron chi connectivity index (χ1n) is 5.26. The summed E-state index contributed by atoms with van der Waals surface area (Å²) in [5, 5.41) is 3.89. The molecule has 0 aromatic rings. The van der Waals surface area contributed by atoms with Crippen LogP contribution < -0.4 is 5.32 Å². The molecule has 0 aromatic carbocycles. The summed E-state index contributed by atoms with van der Waals surface area (Å²) in [6, 6.07) is 0. The van der Waals surface area contributed by atoms with E-state index in [4.69, 9.17) is 0 Å². The van der Waals surface area contributed by atoms with Crippen molar-refractivity contribution >= 4 is 21.8 Å². The van der Waals surface area contributed by atoms with Crippen molar-refractivity contribution in [2.75, 3.05) is 11.9 Å². The highest BCUT2D eigenvalue weighted by atomic mass is 79.9. The molecule has 1 atom stereocenters. The first-order chi connectivity index (χ1) is 6.43. The molecule has 1 unspecified atom stereocenters. The number of carbonyl (C=O) groups excluding carboxylic acids is 1. The lowest BCUT2D eigenvalue weighted by Gasteiger charge is -2.23. The molecule has 0 aliphatic rings. The second-order valence-corrected chi connectivity index (χ2v) is 5.27. The Kier molecular flexibility index (Phi) is 6.41. The van der Waals surface area contributed by atoms with E-state index < -0.39 is 0 Å². The van der Waals surface area contributed by atoms with Crippen molar-refractivity contribution in [1.29, 1.82) is 0 Å².